The molecule has 0 saturated carbocycles. The summed E-state index contributed by atoms with van der Waals surface area (Å²) >= 11 is 0. The molecule has 112 valence electrons. The zero-order valence-electron chi connectivity index (χ0n) is 11.0. The molecule has 3 atom stereocenters. The Bertz CT molecular complexity index is 700. The molecule has 21 heavy (non-hydrogen) atoms. The van der Waals surface area contributed by atoms with E-state index in [9.17, 15) is 9.90 Å². The molecule has 0 spiro atoms. The van der Waals surface area contributed by atoms with Crippen molar-refractivity contribution in [1.82, 2.24) is 14.5 Å². The van der Waals surface area contributed by atoms with Crippen molar-refractivity contribution >= 4 is 22.8 Å². The SMILES string of the molecule is NC(=O)c1cn([C@H]2C[C@@H](O)[C@@H](CO)O2)c2ncnc(N)c12. The molecule has 0 aliphatic carbocycles. The van der Waals surface area contributed by atoms with Gasteiger partial charge >= 0.3 is 0 Å². The molecule has 0 radical (unpaired) electrons. The third-order valence-electron chi connectivity index (χ3n) is 3.60. The average Bonchev–Trinajstić information content (AvgIpc) is 3.00. The summed E-state index contributed by atoms with van der Waals surface area (Å²) in [7, 11) is 0. The van der Waals surface area contributed by atoms with Gasteiger partial charge in [-0.25, -0.2) is 9.97 Å². The number of rotatable bonds is 3. The highest BCUT2D eigenvalue weighted by atomic mass is 16.5. The molecule has 0 aromatic carbocycles. The van der Waals surface area contributed by atoms with Gasteiger partial charge in [0.25, 0.3) is 5.91 Å². The summed E-state index contributed by atoms with van der Waals surface area (Å²) in [6.45, 7) is -0.295. The maximum Gasteiger partial charge on any atom is 0.251 e. The Morgan fingerprint density at radius 3 is 2.90 bits per heavy atom. The number of carbonyl (C=O) groups excluding carboxylic acids is 1. The lowest BCUT2D eigenvalue weighted by Crippen LogP contribution is -2.24. The van der Waals surface area contributed by atoms with E-state index in [-0.39, 0.29) is 24.4 Å². The summed E-state index contributed by atoms with van der Waals surface area (Å²) in [6.07, 6.45) is 0.972. The van der Waals surface area contributed by atoms with Crippen molar-refractivity contribution in [2.45, 2.75) is 24.9 Å². The fourth-order valence-corrected chi connectivity index (χ4v) is 2.56. The maximum absolute atomic E-state index is 11.5. The van der Waals surface area contributed by atoms with Crippen molar-refractivity contribution in [3.05, 3.63) is 18.1 Å². The van der Waals surface area contributed by atoms with Crippen molar-refractivity contribution in [1.29, 1.82) is 0 Å². The topological polar surface area (TPSA) is 150 Å². The predicted octanol–water partition coefficient (Wildman–Crippen LogP) is -1.25. The first-order chi connectivity index (χ1) is 10.0. The van der Waals surface area contributed by atoms with Crippen LogP contribution in [0.2, 0.25) is 0 Å². The van der Waals surface area contributed by atoms with E-state index >= 15 is 0 Å². The van der Waals surface area contributed by atoms with Crippen molar-refractivity contribution < 1.29 is 19.7 Å². The number of hydrogen-bond acceptors (Lipinski definition) is 7. The van der Waals surface area contributed by atoms with Gasteiger partial charge in [0.05, 0.1) is 23.7 Å². The van der Waals surface area contributed by atoms with Crippen molar-refractivity contribution in [3.63, 3.8) is 0 Å². The summed E-state index contributed by atoms with van der Waals surface area (Å²) in [4.78, 5) is 19.5. The molecule has 3 rings (SSSR count). The monoisotopic (exact) mass is 293 g/mol. The second-order valence-corrected chi connectivity index (χ2v) is 4.89. The molecule has 1 saturated heterocycles. The van der Waals surface area contributed by atoms with E-state index in [1.807, 2.05) is 0 Å². The van der Waals surface area contributed by atoms with E-state index in [1.165, 1.54) is 12.5 Å². The molecule has 6 N–H and O–H groups in total. The van der Waals surface area contributed by atoms with Crippen LogP contribution in [0.25, 0.3) is 11.0 Å². The molecule has 2 aromatic heterocycles. The number of aromatic nitrogens is 3. The van der Waals surface area contributed by atoms with Crippen LogP contribution in [-0.2, 0) is 4.74 Å². The first kappa shape index (κ1) is 13.7. The summed E-state index contributed by atoms with van der Waals surface area (Å²) in [5, 5.41) is 19.3. The lowest BCUT2D eigenvalue weighted by molar-refractivity contribution is -0.0430. The predicted molar refractivity (Wildman–Crippen MR) is 72.1 cm³/mol. The minimum atomic E-state index is -0.798. The second kappa shape index (κ2) is 4.95. The number of ether oxygens (including phenoxy) is 1. The fraction of sp³-hybridized carbons (Fsp3) is 0.417. The first-order valence-electron chi connectivity index (χ1n) is 6.38. The molecule has 9 nitrogen and oxygen atoms in total. The van der Waals surface area contributed by atoms with Crippen LogP contribution in [0, 0.1) is 0 Å². The van der Waals surface area contributed by atoms with Gasteiger partial charge in [-0.15, -0.1) is 0 Å². The largest absolute Gasteiger partial charge is 0.394 e. The van der Waals surface area contributed by atoms with Gasteiger partial charge in [-0.05, 0) is 0 Å². The smallest absolute Gasteiger partial charge is 0.251 e. The van der Waals surface area contributed by atoms with Crippen LogP contribution in [0.15, 0.2) is 12.5 Å². The number of amides is 1. The normalized spacial score (nSPS) is 25.5. The molecule has 0 unspecified atom stereocenters. The van der Waals surface area contributed by atoms with Crippen LogP contribution in [0.4, 0.5) is 5.82 Å². The third-order valence-corrected chi connectivity index (χ3v) is 3.60. The Kier molecular flexibility index (Phi) is 3.24. The number of primary amides is 1. The van der Waals surface area contributed by atoms with E-state index < -0.39 is 24.3 Å². The Balaban J connectivity index is 2.12. The Morgan fingerprint density at radius 2 is 2.29 bits per heavy atom. The summed E-state index contributed by atoms with van der Waals surface area (Å²) < 4.78 is 7.14. The van der Waals surface area contributed by atoms with Gasteiger partial charge < -0.3 is 31.0 Å². The number of nitrogens with two attached hydrogens (primary N) is 2. The molecule has 2 aromatic rings. The van der Waals surface area contributed by atoms with Gasteiger partial charge in [-0.1, -0.05) is 0 Å². The van der Waals surface area contributed by atoms with Crippen molar-refractivity contribution in [2.24, 2.45) is 5.73 Å². The lowest BCUT2D eigenvalue weighted by atomic mass is 10.2. The zero-order valence-corrected chi connectivity index (χ0v) is 11.0. The number of aliphatic hydroxyl groups excluding tert-OH is 2. The van der Waals surface area contributed by atoms with Crippen molar-refractivity contribution in [3.8, 4) is 0 Å². The van der Waals surface area contributed by atoms with Crippen LogP contribution < -0.4 is 11.5 Å². The molecular weight excluding hydrogens is 278 g/mol. The molecule has 1 amide bonds. The van der Waals surface area contributed by atoms with Crippen LogP contribution in [-0.4, -0.2) is 49.5 Å². The third kappa shape index (κ3) is 2.11. The van der Waals surface area contributed by atoms with Gasteiger partial charge in [0, 0.05) is 12.6 Å². The molecular formula is C12H15N5O4. The summed E-state index contributed by atoms with van der Waals surface area (Å²) in [6, 6.07) is 0. The fourth-order valence-electron chi connectivity index (χ4n) is 2.56. The van der Waals surface area contributed by atoms with E-state index in [0.29, 0.717) is 11.0 Å². The van der Waals surface area contributed by atoms with Gasteiger partial charge in [0.2, 0.25) is 0 Å². The lowest BCUT2D eigenvalue weighted by Gasteiger charge is -2.14. The standard InChI is InChI=1S/C12H15N5O4/c13-10-9-5(11(14)20)2-17(12(9)16-4-15-10)8-1-6(19)7(3-18)21-8/h2,4,6-8,18-19H,1,3H2,(H2,14,20)(H2,13,15,16)/t6-,7-,8-/m1/s1. The van der Waals surface area contributed by atoms with E-state index in [4.69, 9.17) is 21.3 Å². The molecule has 9 heteroatoms. The summed E-state index contributed by atoms with van der Waals surface area (Å²) in [5.41, 5.74) is 11.7. The van der Waals surface area contributed by atoms with Crippen LogP contribution in [0.1, 0.15) is 23.0 Å². The van der Waals surface area contributed by atoms with E-state index in [2.05, 4.69) is 9.97 Å². The number of anilines is 1. The van der Waals surface area contributed by atoms with Crippen molar-refractivity contribution in [2.75, 3.05) is 12.3 Å². The van der Waals surface area contributed by atoms with Gasteiger partial charge in [-0.3, -0.25) is 4.79 Å². The second-order valence-electron chi connectivity index (χ2n) is 4.89. The highest BCUT2D eigenvalue weighted by molar-refractivity contribution is 6.08. The number of aliphatic hydroxyl groups is 2. The van der Waals surface area contributed by atoms with Gasteiger partial charge in [0.1, 0.15) is 30.1 Å². The number of hydrogen-bond donors (Lipinski definition) is 4. The number of fused-ring (bicyclic) bond motifs is 1. The number of nitrogen functional groups attached to an aromatic ring is 1. The molecule has 0 bridgehead atoms. The average molecular weight is 293 g/mol. The number of carbonyl (C=O) groups is 1. The minimum Gasteiger partial charge on any atom is -0.394 e. The zero-order chi connectivity index (χ0) is 15.1. The quantitative estimate of drug-likeness (QED) is 0.552. The van der Waals surface area contributed by atoms with E-state index in [0.717, 1.165) is 0 Å². The highest BCUT2D eigenvalue weighted by Gasteiger charge is 2.35. The van der Waals surface area contributed by atoms with E-state index in [1.54, 1.807) is 4.57 Å². The molecule has 3 heterocycles. The van der Waals surface area contributed by atoms with Gasteiger partial charge in [0.15, 0.2) is 0 Å². The Labute approximate surface area is 119 Å². The van der Waals surface area contributed by atoms with Gasteiger partial charge in [-0.2, -0.15) is 0 Å². The van der Waals surface area contributed by atoms with Crippen LogP contribution in [0.3, 0.4) is 0 Å². The first-order valence-corrected chi connectivity index (χ1v) is 6.38. The minimum absolute atomic E-state index is 0.143. The van der Waals surface area contributed by atoms with Crippen LogP contribution >= 0.6 is 0 Å². The maximum atomic E-state index is 11.5. The highest BCUT2D eigenvalue weighted by Crippen LogP contribution is 2.33. The molecule has 1 aliphatic heterocycles. The molecule has 1 aliphatic rings. The number of nitrogens with zero attached hydrogens (tertiary/aromatic N) is 3. The Hall–Kier alpha value is -2.23. The Morgan fingerprint density at radius 1 is 1.52 bits per heavy atom. The van der Waals surface area contributed by atoms with Crippen LogP contribution in [0.5, 0.6) is 0 Å². The molecule has 1 fully saturated rings. The summed E-state index contributed by atoms with van der Waals surface area (Å²) in [5.74, 6) is -0.512.